The van der Waals surface area contributed by atoms with Crippen LogP contribution in [0.2, 0.25) is 0 Å². The lowest BCUT2D eigenvalue weighted by Gasteiger charge is -2.42. The smallest absolute Gasteiger partial charge is 0.135 e. The molecule has 0 radical (unpaired) electrons. The van der Waals surface area contributed by atoms with Gasteiger partial charge in [0.15, 0.2) is 0 Å². The molecule has 2 aromatic rings. The first-order valence-corrected chi connectivity index (χ1v) is 11.2. The molecule has 1 aromatic carbocycles. The molecule has 0 fully saturated rings. The number of benzene rings is 1. The van der Waals surface area contributed by atoms with E-state index >= 15 is 0 Å². The number of fused-ring (bicyclic) bond motifs is 1. The quantitative estimate of drug-likeness (QED) is 0.185. The fraction of sp³-hybridized carbons (Fsp3) is 0.444. The van der Waals surface area contributed by atoms with Crippen LogP contribution in [0, 0.1) is 6.92 Å². The van der Waals surface area contributed by atoms with Crippen LogP contribution >= 0.6 is 0 Å². The van der Waals surface area contributed by atoms with E-state index in [-0.39, 0.29) is 23.0 Å². The van der Waals surface area contributed by atoms with E-state index in [9.17, 15) is 15.1 Å². The maximum Gasteiger partial charge on any atom is 0.135 e. The van der Waals surface area contributed by atoms with Gasteiger partial charge < -0.3 is 15.1 Å². The van der Waals surface area contributed by atoms with Crippen LogP contribution in [0.15, 0.2) is 41.4 Å². The number of carbonyl (C=O) groups is 1. The number of allylic oxidation sites excluding steroid dienone is 2. The first kappa shape index (κ1) is 23.7. The Hall–Kier alpha value is -2.95. The number of carbonyl (C=O) groups excluding carboxylic acids is 1. The van der Waals surface area contributed by atoms with Gasteiger partial charge >= 0.3 is 0 Å². The summed E-state index contributed by atoms with van der Waals surface area (Å²) >= 11 is 0. The molecule has 5 heteroatoms. The van der Waals surface area contributed by atoms with Crippen LogP contribution < -0.4 is 0 Å². The van der Waals surface area contributed by atoms with Crippen molar-refractivity contribution in [1.82, 2.24) is 4.98 Å². The SMILES string of the molecule is C/C(=C(/O)CCC=O)c1ccc(/C(=N\O)c2cc3c(cc2C)C(C)(C)CCC3(C)C)nc1. The standard InChI is InChI=1S/C27H34N2O3/c1-17-14-21-22(27(5,6)12-11-26(21,3)4)15-20(17)25(29-32)23-10-9-19(16-28-23)18(2)24(31)8-7-13-30/h9-10,13-16,31-32H,7-8,11-12H2,1-6H3/b24-18-,29-25-. The normalized spacial score (nSPS) is 18.0. The molecule has 1 aromatic heterocycles. The zero-order valence-corrected chi connectivity index (χ0v) is 20.0. The first-order chi connectivity index (χ1) is 15.0. The minimum atomic E-state index is 0.0477. The van der Waals surface area contributed by atoms with Crippen molar-refractivity contribution in [2.24, 2.45) is 5.16 Å². The second-order valence-electron chi connectivity index (χ2n) is 10.1. The van der Waals surface area contributed by atoms with Crippen LogP contribution in [0.3, 0.4) is 0 Å². The largest absolute Gasteiger partial charge is 0.512 e. The van der Waals surface area contributed by atoms with E-state index in [4.69, 9.17) is 0 Å². The number of rotatable bonds is 6. The monoisotopic (exact) mass is 434 g/mol. The second kappa shape index (κ2) is 8.89. The Morgan fingerprint density at radius 1 is 1.12 bits per heavy atom. The van der Waals surface area contributed by atoms with Crippen molar-refractivity contribution in [3.8, 4) is 0 Å². The van der Waals surface area contributed by atoms with Crippen LogP contribution in [0.25, 0.3) is 5.57 Å². The first-order valence-electron chi connectivity index (χ1n) is 11.2. The van der Waals surface area contributed by atoms with Crippen molar-refractivity contribution in [1.29, 1.82) is 0 Å². The zero-order chi connectivity index (χ0) is 23.7. The van der Waals surface area contributed by atoms with E-state index < -0.39 is 0 Å². The second-order valence-corrected chi connectivity index (χ2v) is 10.1. The maximum atomic E-state index is 10.6. The topological polar surface area (TPSA) is 82.8 Å². The molecule has 0 saturated carbocycles. The molecule has 5 nitrogen and oxygen atoms in total. The highest BCUT2D eigenvalue weighted by molar-refractivity contribution is 6.12. The van der Waals surface area contributed by atoms with Crippen LogP contribution in [0.5, 0.6) is 0 Å². The molecule has 3 rings (SSSR count). The number of aliphatic hydroxyl groups is 1. The van der Waals surface area contributed by atoms with Gasteiger partial charge in [-0.05, 0) is 77.5 Å². The van der Waals surface area contributed by atoms with Gasteiger partial charge in [-0.1, -0.05) is 45.0 Å². The Kier molecular flexibility index (Phi) is 6.59. The summed E-state index contributed by atoms with van der Waals surface area (Å²) in [5.41, 5.74) is 7.19. The molecule has 0 bridgehead atoms. The Morgan fingerprint density at radius 3 is 2.28 bits per heavy atom. The summed E-state index contributed by atoms with van der Waals surface area (Å²) in [4.78, 5) is 15.1. The van der Waals surface area contributed by atoms with Gasteiger partial charge in [-0.25, -0.2) is 0 Å². The molecule has 0 atom stereocenters. The molecule has 0 aliphatic heterocycles. The molecule has 1 aliphatic rings. The molecule has 1 aliphatic carbocycles. The fourth-order valence-electron chi connectivity index (χ4n) is 4.53. The van der Waals surface area contributed by atoms with E-state index in [1.165, 1.54) is 11.1 Å². The predicted octanol–water partition coefficient (Wildman–Crippen LogP) is 6.23. The highest BCUT2D eigenvalue weighted by atomic mass is 16.4. The van der Waals surface area contributed by atoms with Gasteiger partial charge in [0.05, 0.1) is 11.5 Å². The van der Waals surface area contributed by atoms with Crippen LogP contribution in [-0.4, -0.2) is 27.3 Å². The van der Waals surface area contributed by atoms with Crippen LogP contribution in [-0.2, 0) is 15.6 Å². The number of oxime groups is 1. The molecular weight excluding hydrogens is 400 g/mol. The van der Waals surface area contributed by atoms with E-state index in [1.807, 2.05) is 13.0 Å². The van der Waals surface area contributed by atoms with Gasteiger partial charge in [0.25, 0.3) is 0 Å². The van der Waals surface area contributed by atoms with E-state index in [2.05, 4.69) is 50.0 Å². The summed E-state index contributed by atoms with van der Waals surface area (Å²) in [5, 5.41) is 23.7. The lowest BCUT2D eigenvalue weighted by molar-refractivity contribution is -0.107. The minimum Gasteiger partial charge on any atom is -0.512 e. The molecule has 0 unspecified atom stereocenters. The molecule has 0 saturated heterocycles. The highest BCUT2D eigenvalue weighted by Gasteiger charge is 2.37. The third-order valence-electron chi connectivity index (χ3n) is 6.92. The van der Waals surface area contributed by atoms with E-state index in [0.717, 1.165) is 35.8 Å². The Morgan fingerprint density at radius 2 is 1.75 bits per heavy atom. The van der Waals surface area contributed by atoms with E-state index in [0.29, 0.717) is 23.4 Å². The summed E-state index contributed by atoms with van der Waals surface area (Å²) in [5.74, 6) is 0.179. The molecule has 0 amide bonds. The minimum absolute atomic E-state index is 0.0477. The van der Waals surface area contributed by atoms with Gasteiger partial charge in [-0.3, -0.25) is 4.98 Å². The summed E-state index contributed by atoms with van der Waals surface area (Å²) in [6.07, 6.45) is 5.28. The summed E-state index contributed by atoms with van der Waals surface area (Å²) in [7, 11) is 0. The number of aryl methyl sites for hydroxylation is 1. The van der Waals surface area contributed by atoms with Gasteiger partial charge in [-0.2, -0.15) is 0 Å². The Bertz CT molecular complexity index is 1080. The Labute approximate surface area is 190 Å². The molecule has 32 heavy (non-hydrogen) atoms. The average molecular weight is 435 g/mol. The number of pyridine rings is 1. The van der Waals surface area contributed by atoms with Crippen molar-refractivity contribution in [2.75, 3.05) is 0 Å². The molecule has 1 heterocycles. The van der Waals surface area contributed by atoms with Crippen molar-refractivity contribution in [2.45, 2.75) is 78.1 Å². The molecule has 170 valence electrons. The number of hydrogen-bond acceptors (Lipinski definition) is 5. The number of aliphatic hydroxyl groups excluding tert-OH is 1. The predicted molar refractivity (Wildman–Crippen MR) is 129 cm³/mol. The summed E-state index contributed by atoms with van der Waals surface area (Å²) in [6.45, 7) is 13.0. The number of hydrogen-bond donors (Lipinski definition) is 2. The van der Waals surface area contributed by atoms with Crippen LogP contribution in [0.4, 0.5) is 0 Å². The highest BCUT2D eigenvalue weighted by Crippen LogP contribution is 2.46. The maximum absolute atomic E-state index is 10.6. The van der Waals surface area contributed by atoms with Gasteiger partial charge in [0, 0.05) is 24.6 Å². The summed E-state index contributed by atoms with van der Waals surface area (Å²) < 4.78 is 0. The van der Waals surface area contributed by atoms with Crippen molar-refractivity contribution >= 4 is 17.6 Å². The molecular formula is C27H34N2O3. The van der Waals surface area contributed by atoms with Gasteiger partial charge in [0.2, 0.25) is 0 Å². The number of nitrogens with zero attached hydrogens (tertiary/aromatic N) is 2. The lowest BCUT2D eigenvalue weighted by atomic mass is 9.62. The van der Waals surface area contributed by atoms with E-state index in [1.54, 1.807) is 19.2 Å². The molecule has 0 spiro atoms. The number of aromatic nitrogens is 1. The third kappa shape index (κ3) is 4.47. The van der Waals surface area contributed by atoms with Crippen molar-refractivity contribution < 1.29 is 15.1 Å². The fourth-order valence-corrected chi connectivity index (χ4v) is 4.53. The zero-order valence-electron chi connectivity index (χ0n) is 20.0. The third-order valence-corrected chi connectivity index (χ3v) is 6.92. The average Bonchev–Trinajstić information content (AvgIpc) is 2.76. The Balaban J connectivity index is 2.02. The van der Waals surface area contributed by atoms with Crippen molar-refractivity contribution in [3.05, 3.63) is 69.7 Å². The van der Waals surface area contributed by atoms with Crippen molar-refractivity contribution in [3.63, 3.8) is 0 Å². The number of aldehydes is 1. The lowest BCUT2D eigenvalue weighted by Crippen LogP contribution is -2.34. The van der Waals surface area contributed by atoms with Gasteiger partial charge in [-0.15, -0.1) is 0 Å². The van der Waals surface area contributed by atoms with Gasteiger partial charge in [0.1, 0.15) is 12.0 Å². The molecule has 2 N–H and O–H groups in total. The van der Waals surface area contributed by atoms with Crippen LogP contribution in [0.1, 0.15) is 93.8 Å². The summed E-state index contributed by atoms with van der Waals surface area (Å²) in [6, 6.07) is 8.06.